The largest absolute Gasteiger partial charge is 0.456 e. The molecular formula is C41H33B5N6O. The minimum absolute atomic E-state index is 0.399. The summed E-state index contributed by atoms with van der Waals surface area (Å²) in [5.74, 6) is 1.81. The summed E-state index contributed by atoms with van der Waals surface area (Å²) in [4.78, 5) is 15.7. The van der Waals surface area contributed by atoms with Crippen LogP contribution in [0, 0.1) is 5.41 Å². The smallest absolute Gasteiger partial charge is 0.164 e. The number of aromatic nitrogens is 3. The van der Waals surface area contributed by atoms with E-state index in [9.17, 15) is 5.41 Å². The van der Waals surface area contributed by atoms with Crippen LogP contribution in [0.25, 0.3) is 61.7 Å². The highest BCUT2D eigenvalue weighted by Crippen LogP contribution is 2.39. The van der Waals surface area contributed by atoms with Crippen molar-refractivity contribution in [1.82, 2.24) is 15.0 Å². The zero-order chi connectivity index (χ0) is 36.4. The van der Waals surface area contributed by atoms with Gasteiger partial charge in [-0.3, -0.25) is 10.8 Å². The molecule has 0 amide bonds. The minimum atomic E-state index is 0.399. The summed E-state index contributed by atoms with van der Waals surface area (Å²) in [7, 11) is 10.9. The summed E-state index contributed by atoms with van der Waals surface area (Å²) < 4.78 is 6.28. The number of furan rings is 1. The van der Waals surface area contributed by atoms with Crippen molar-refractivity contribution in [1.29, 1.82) is 5.41 Å². The molecule has 2 N–H and O–H groups in total. The van der Waals surface area contributed by atoms with Gasteiger partial charge in [-0.1, -0.05) is 77.7 Å². The number of nitrogens with zero attached hydrogens (tertiary/aromatic N) is 4. The molecule has 0 fully saturated rings. The third kappa shape index (κ3) is 5.48. The number of benzene rings is 5. The number of rotatable bonds is 5. The Labute approximate surface area is 312 Å². The SMILES string of the molecule is Bc1c(B)c(B)c(-c2nc(-c3ccc4c(c3)C3=C(C=C/C(=N/Nc5ccccc5)C3=N)CC4)nc(-c3cccc4oc5ccccc5c34)n2)c(B)c1B. The van der Waals surface area contributed by atoms with Gasteiger partial charge in [0.1, 0.15) is 56.1 Å². The fraction of sp³-hybridized carbons (Fsp3) is 0.0488. The molecule has 0 saturated carbocycles. The number of para-hydroxylation sites is 2. The average Bonchev–Trinajstić information content (AvgIpc) is 3.58. The highest BCUT2D eigenvalue weighted by atomic mass is 16.3. The van der Waals surface area contributed by atoms with Crippen LogP contribution in [-0.2, 0) is 6.42 Å². The lowest BCUT2D eigenvalue weighted by Gasteiger charge is -2.26. The number of nitrogens with one attached hydrogen (secondary N) is 2. The van der Waals surface area contributed by atoms with E-state index in [4.69, 9.17) is 19.4 Å². The number of anilines is 1. The lowest BCUT2D eigenvalue weighted by atomic mass is 9.60. The van der Waals surface area contributed by atoms with Gasteiger partial charge in [0.25, 0.3) is 0 Å². The Kier molecular flexibility index (Phi) is 7.92. The maximum atomic E-state index is 9.34. The maximum absolute atomic E-state index is 9.34. The molecule has 2 aliphatic carbocycles. The molecule has 2 aliphatic rings. The van der Waals surface area contributed by atoms with Crippen LogP contribution < -0.4 is 32.7 Å². The van der Waals surface area contributed by atoms with Gasteiger partial charge in [0.2, 0.25) is 0 Å². The van der Waals surface area contributed by atoms with E-state index in [0.29, 0.717) is 28.9 Å². The van der Waals surface area contributed by atoms with E-state index in [-0.39, 0.29) is 0 Å². The van der Waals surface area contributed by atoms with Crippen molar-refractivity contribution >= 4 is 111 Å². The maximum Gasteiger partial charge on any atom is 0.164 e. The van der Waals surface area contributed by atoms with Gasteiger partial charge in [0, 0.05) is 33.0 Å². The Bertz CT molecular complexity index is 2760. The Morgan fingerprint density at radius 2 is 1.34 bits per heavy atom. The molecule has 0 bridgehead atoms. The molecule has 0 saturated heterocycles. The van der Waals surface area contributed by atoms with Crippen LogP contribution in [0.3, 0.4) is 0 Å². The Morgan fingerprint density at radius 3 is 2.15 bits per heavy atom. The molecule has 7 aromatic rings. The molecule has 2 heterocycles. The van der Waals surface area contributed by atoms with Gasteiger partial charge < -0.3 is 4.42 Å². The number of hydrogen-bond acceptors (Lipinski definition) is 7. The van der Waals surface area contributed by atoms with Crippen molar-refractivity contribution in [2.75, 3.05) is 5.43 Å². The number of fused-ring (bicyclic) bond motifs is 5. The lowest BCUT2D eigenvalue weighted by Crippen LogP contribution is -2.55. The molecule has 0 atom stereocenters. The second-order valence-corrected chi connectivity index (χ2v) is 14.0. The Hall–Kier alpha value is -6.15. The molecule has 0 spiro atoms. The highest BCUT2D eigenvalue weighted by molar-refractivity contribution is 6.68. The first-order valence-corrected chi connectivity index (χ1v) is 18.0. The van der Waals surface area contributed by atoms with Crippen LogP contribution in [0.1, 0.15) is 17.5 Å². The molecular weight excluding hydrogens is 647 g/mol. The van der Waals surface area contributed by atoms with E-state index in [2.05, 4.69) is 86.2 Å². The standard InChI is InChI=1S/C41H33B5N6O/c42-33-32(34(43)36(45)37(46)35(33)44)41-49-39(48-40(50-41)25-10-6-12-29-31(25)24-9-4-5-11-28(24)53-29)22-16-14-20-13-15-21-17-18-27(38(47)30(21)26(20)19-22)52-51-23-7-2-1-3-8-23/h1-12,14,16-19,47,51H,13,15,42-46H2/b47-38?,52-27-. The van der Waals surface area contributed by atoms with E-state index in [0.717, 1.165) is 73.9 Å². The van der Waals surface area contributed by atoms with Gasteiger partial charge in [-0.05, 0) is 65.9 Å². The van der Waals surface area contributed by atoms with Gasteiger partial charge in [0.15, 0.2) is 17.5 Å². The summed E-state index contributed by atoms with van der Waals surface area (Å²) in [5, 5.41) is 16.0. The fourth-order valence-corrected chi connectivity index (χ4v) is 7.85. The van der Waals surface area contributed by atoms with Crippen LogP contribution in [0.2, 0.25) is 0 Å². The van der Waals surface area contributed by atoms with Crippen LogP contribution in [0.4, 0.5) is 5.69 Å². The van der Waals surface area contributed by atoms with Gasteiger partial charge >= 0.3 is 0 Å². The summed E-state index contributed by atoms with van der Waals surface area (Å²) in [6, 6.07) is 30.4. The third-order valence-electron chi connectivity index (χ3n) is 11.2. The van der Waals surface area contributed by atoms with E-state index in [1.807, 2.05) is 66.7 Å². The number of allylic oxidation sites excluding steroid dienone is 4. The molecule has 2 aromatic heterocycles. The van der Waals surface area contributed by atoms with Gasteiger partial charge in [-0.2, -0.15) is 5.10 Å². The predicted molar refractivity (Wildman–Crippen MR) is 234 cm³/mol. The average molecular weight is 680 g/mol. The van der Waals surface area contributed by atoms with Crippen molar-refractivity contribution in [3.8, 4) is 34.2 Å². The van der Waals surface area contributed by atoms with Gasteiger partial charge in [0.05, 0.1) is 11.4 Å². The van der Waals surface area contributed by atoms with Crippen LogP contribution in [-0.4, -0.2) is 65.6 Å². The van der Waals surface area contributed by atoms with Crippen molar-refractivity contribution in [2.24, 2.45) is 5.10 Å². The zero-order valence-corrected chi connectivity index (χ0v) is 30.4. The van der Waals surface area contributed by atoms with Crippen LogP contribution >= 0.6 is 0 Å². The van der Waals surface area contributed by atoms with E-state index < -0.39 is 0 Å². The normalized spacial score (nSPS) is 14.6. The van der Waals surface area contributed by atoms with Crippen molar-refractivity contribution in [3.05, 3.63) is 120 Å². The zero-order valence-electron chi connectivity index (χ0n) is 30.4. The molecule has 0 aliphatic heterocycles. The minimum Gasteiger partial charge on any atom is -0.456 e. The summed E-state index contributed by atoms with van der Waals surface area (Å²) >= 11 is 0. The second kappa shape index (κ2) is 12.8. The van der Waals surface area contributed by atoms with Gasteiger partial charge in [-0.15, -0.1) is 16.4 Å². The quantitative estimate of drug-likeness (QED) is 0.160. The fourth-order valence-electron chi connectivity index (χ4n) is 7.85. The number of aryl methyl sites for hydroxylation is 1. The summed E-state index contributed by atoms with van der Waals surface area (Å²) in [6.07, 6.45) is 5.81. The molecule has 7 nitrogen and oxygen atoms in total. The molecule has 9 rings (SSSR count). The Morgan fingerprint density at radius 1 is 0.642 bits per heavy atom. The van der Waals surface area contributed by atoms with Gasteiger partial charge in [-0.25, -0.2) is 15.0 Å². The summed E-state index contributed by atoms with van der Waals surface area (Å²) in [5.41, 5.74) is 19.8. The first kappa shape index (κ1) is 32.7. The van der Waals surface area contributed by atoms with Crippen LogP contribution in [0.15, 0.2) is 118 Å². The molecule has 12 heteroatoms. The monoisotopic (exact) mass is 680 g/mol. The van der Waals surface area contributed by atoms with Crippen molar-refractivity contribution in [2.45, 2.75) is 12.8 Å². The molecule has 0 radical (unpaired) electrons. The predicted octanol–water partition coefficient (Wildman–Crippen LogP) is 0.821. The van der Waals surface area contributed by atoms with Crippen LogP contribution in [0.5, 0.6) is 0 Å². The molecule has 53 heavy (non-hydrogen) atoms. The van der Waals surface area contributed by atoms with E-state index in [1.54, 1.807) is 0 Å². The highest BCUT2D eigenvalue weighted by Gasteiger charge is 2.27. The molecule has 5 aromatic carbocycles. The number of hydrazone groups is 1. The number of hydrogen-bond donors (Lipinski definition) is 2. The third-order valence-corrected chi connectivity index (χ3v) is 11.2. The first-order valence-electron chi connectivity index (χ1n) is 18.0. The topological polar surface area (TPSA) is 100 Å². The summed E-state index contributed by atoms with van der Waals surface area (Å²) in [6.45, 7) is 0. The van der Waals surface area contributed by atoms with Crippen molar-refractivity contribution < 1.29 is 4.42 Å². The van der Waals surface area contributed by atoms with Crippen molar-refractivity contribution in [3.63, 3.8) is 0 Å². The first-order chi connectivity index (χ1) is 25.8. The second-order valence-electron chi connectivity index (χ2n) is 14.0. The molecule has 0 unspecified atom stereocenters. The van der Waals surface area contributed by atoms with E-state index in [1.165, 1.54) is 32.9 Å². The lowest BCUT2D eigenvalue weighted by molar-refractivity contribution is 0.669. The Balaban J connectivity index is 1.23. The molecule has 248 valence electrons. The van der Waals surface area contributed by atoms with E-state index >= 15 is 0 Å².